The standard InChI is InChI=1S/C15H23NO2S/c1-11-5-6-15(14(4)8-11)19(17,18)16-9-12(2)7-13(3)10-16/h5-6,8,12-13H,7,9-10H2,1-4H3/t12-,13+. The summed E-state index contributed by atoms with van der Waals surface area (Å²) < 4.78 is 27.1. The monoisotopic (exact) mass is 281 g/mol. The van der Waals surface area contributed by atoms with Crippen molar-refractivity contribution in [3.63, 3.8) is 0 Å². The molecule has 0 saturated carbocycles. The van der Waals surface area contributed by atoms with Gasteiger partial charge in [-0.15, -0.1) is 0 Å². The second-order valence-corrected chi connectivity index (χ2v) is 7.94. The Morgan fingerprint density at radius 1 is 1.11 bits per heavy atom. The van der Waals surface area contributed by atoms with Gasteiger partial charge in [-0.3, -0.25) is 0 Å². The summed E-state index contributed by atoms with van der Waals surface area (Å²) in [7, 11) is -3.34. The molecule has 1 aliphatic rings. The molecule has 0 N–H and O–H groups in total. The third-order valence-electron chi connectivity index (χ3n) is 3.78. The van der Waals surface area contributed by atoms with Crippen molar-refractivity contribution < 1.29 is 8.42 Å². The van der Waals surface area contributed by atoms with E-state index in [0.717, 1.165) is 17.5 Å². The van der Waals surface area contributed by atoms with Crippen molar-refractivity contribution in [1.82, 2.24) is 4.31 Å². The normalized spacial score (nSPS) is 25.5. The molecule has 3 nitrogen and oxygen atoms in total. The van der Waals surface area contributed by atoms with Crippen molar-refractivity contribution in [1.29, 1.82) is 0 Å². The topological polar surface area (TPSA) is 37.4 Å². The molecule has 0 aromatic heterocycles. The van der Waals surface area contributed by atoms with Gasteiger partial charge in [-0.1, -0.05) is 31.5 Å². The molecular weight excluding hydrogens is 258 g/mol. The summed E-state index contributed by atoms with van der Waals surface area (Å²) in [6, 6.07) is 5.55. The van der Waals surface area contributed by atoms with Gasteiger partial charge in [0.05, 0.1) is 4.90 Å². The molecule has 19 heavy (non-hydrogen) atoms. The highest BCUT2D eigenvalue weighted by Crippen LogP contribution is 2.28. The molecule has 0 amide bonds. The fourth-order valence-corrected chi connectivity index (χ4v) is 4.92. The van der Waals surface area contributed by atoms with Gasteiger partial charge in [0.15, 0.2) is 0 Å². The Bertz CT molecular complexity index is 556. The third kappa shape index (κ3) is 3.00. The Balaban J connectivity index is 2.36. The summed E-state index contributed by atoms with van der Waals surface area (Å²) in [5.41, 5.74) is 1.93. The van der Waals surface area contributed by atoms with Gasteiger partial charge in [-0.2, -0.15) is 4.31 Å². The van der Waals surface area contributed by atoms with Crippen LogP contribution < -0.4 is 0 Å². The van der Waals surface area contributed by atoms with E-state index in [9.17, 15) is 8.42 Å². The van der Waals surface area contributed by atoms with Gasteiger partial charge in [0.1, 0.15) is 0 Å². The first-order chi connectivity index (χ1) is 8.80. The average Bonchev–Trinajstić information content (AvgIpc) is 2.26. The van der Waals surface area contributed by atoms with E-state index in [-0.39, 0.29) is 0 Å². The van der Waals surface area contributed by atoms with Crippen LogP contribution in [0, 0.1) is 25.7 Å². The maximum absolute atomic E-state index is 12.7. The maximum atomic E-state index is 12.7. The number of sulfonamides is 1. The van der Waals surface area contributed by atoms with Crippen LogP contribution in [0.4, 0.5) is 0 Å². The highest BCUT2D eigenvalue weighted by Gasteiger charge is 2.32. The molecular formula is C15H23NO2S. The number of aryl methyl sites for hydroxylation is 2. The van der Waals surface area contributed by atoms with Crippen LogP contribution in [-0.2, 0) is 10.0 Å². The van der Waals surface area contributed by atoms with Crippen molar-refractivity contribution in [2.75, 3.05) is 13.1 Å². The summed E-state index contributed by atoms with van der Waals surface area (Å²) in [4.78, 5) is 0.458. The van der Waals surface area contributed by atoms with E-state index in [2.05, 4.69) is 13.8 Å². The Morgan fingerprint density at radius 3 is 2.21 bits per heavy atom. The van der Waals surface area contributed by atoms with Gasteiger partial charge in [0, 0.05) is 13.1 Å². The van der Waals surface area contributed by atoms with Gasteiger partial charge in [0.2, 0.25) is 10.0 Å². The van der Waals surface area contributed by atoms with E-state index in [1.165, 1.54) is 0 Å². The molecule has 0 spiro atoms. The second kappa shape index (κ2) is 5.25. The zero-order valence-corrected chi connectivity index (χ0v) is 13.0. The van der Waals surface area contributed by atoms with Crippen LogP contribution in [0.25, 0.3) is 0 Å². The first-order valence-electron chi connectivity index (χ1n) is 6.88. The lowest BCUT2D eigenvalue weighted by Gasteiger charge is -2.34. The van der Waals surface area contributed by atoms with Gasteiger partial charge in [-0.05, 0) is 43.7 Å². The SMILES string of the molecule is Cc1ccc(S(=O)(=O)N2C[C@H](C)C[C@H](C)C2)c(C)c1. The van der Waals surface area contributed by atoms with E-state index >= 15 is 0 Å². The Labute approximate surface area is 116 Å². The van der Waals surface area contributed by atoms with Gasteiger partial charge < -0.3 is 0 Å². The Kier molecular flexibility index (Phi) is 4.02. The van der Waals surface area contributed by atoms with E-state index in [4.69, 9.17) is 0 Å². The molecule has 1 saturated heterocycles. The van der Waals surface area contributed by atoms with E-state index < -0.39 is 10.0 Å². The molecule has 1 aromatic rings. The summed E-state index contributed by atoms with van der Waals surface area (Å²) in [6.45, 7) is 9.38. The lowest BCUT2D eigenvalue weighted by atomic mass is 9.94. The number of hydrogen-bond acceptors (Lipinski definition) is 2. The molecule has 4 heteroatoms. The summed E-state index contributed by atoms with van der Waals surface area (Å²) in [5, 5.41) is 0. The highest BCUT2D eigenvalue weighted by molar-refractivity contribution is 7.89. The Morgan fingerprint density at radius 2 is 1.68 bits per heavy atom. The van der Waals surface area contributed by atoms with Crippen LogP contribution in [0.2, 0.25) is 0 Å². The first kappa shape index (κ1) is 14.5. The average molecular weight is 281 g/mol. The van der Waals surface area contributed by atoms with Crippen molar-refractivity contribution in [3.05, 3.63) is 29.3 Å². The van der Waals surface area contributed by atoms with Crippen LogP contribution in [0.15, 0.2) is 23.1 Å². The van der Waals surface area contributed by atoms with E-state index in [1.807, 2.05) is 26.0 Å². The predicted molar refractivity (Wildman–Crippen MR) is 77.6 cm³/mol. The smallest absolute Gasteiger partial charge is 0.207 e. The van der Waals surface area contributed by atoms with Crippen LogP contribution in [0.3, 0.4) is 0 Å². The number of rotatable bonds is 2. The molecule has 0 radical (unpaired) electrons. The zero-order valence-electron chi connectivity index (χ0n) is 12.2. The number of piperidine rings is 1. The summed E-state index contributed by atoms with van der Waals surface area (Å²) >= 11 is 0. The molecule has 1 fully saturated rings. The molecule has 1 aromatic carbocycles. The molecule has 2 atom stereocenters. The minimum atomic E-state index is -3.34. The largest absolute Gasteiger partial charge is 0.243 e. The summed E-state index contributed by atoms with van der Waals surface area (Å²) in [5.74, 6) is 0.869. The van der Waals surface area contributed by atoms with E-state index in [0.29, 0.717) is 29.8 Å². The van der Waals surface area contributed by atoms with Crippen LogP contribution >= 0.6 is 0 Å². The van der Waals surface area contributed by atoms with Crippen LogP contribution in [0.5, 0.6) is 0 Å². The van der Waals surface area contributed by atoms with Crippen molar-refractivity contribution in [2.45, 2.75) is 39.0 Å². The van der Waals surface area contributed by atoms with Crippen LogP contribution in [-0.4, -0.2) is 25.8 Å². The van der Waals surface area contributed by atoms with Crippen molar-refractivity contribution >= 4 is 10.0 Å². The quantitative estimate of drug-likeness (QED) is 0.835. The molecule has 1 heterocycles. The highest BCUT2D eigenvalue weighted by atomic mass is 32.2. The van der Waals surface area contributed by atoms with Gasteiger partial charge in [0.25, 0.3) is 0 Å². The van der Waals surface area contributed by atoms with Gasteiger partial charge >= 0.3 is 0 Å². The fourth-order valence-electron chi connectivity index (χ4n) is 3.03. The number of nitrogens with zero attached hydrogens (tertiary/aromatic N) is 1. The van der Waals surface area contributed by atoms with Crippen LogP contribution in [0.1, 0.15) is 31.4 Å². The van der Waals surface area contributed by atoms with Crippen molar-refractivity contribution in [2.24, 2.45) is 11.8 Å². The number of hydrogen-bond donors (Lipinski definition) is 0. The van der Waals surface area contributed by atoms with Crippen molar-refractivity contribution in [3.8, 4) is 0 Å². The second-order valence-electron chi connectivity index (χ2n) is 6.04. The van der Waals surface area contributed by atoms with E-state index in [1.54, 1.807) is 10.4 Å². The first-order valence-corrected chi connectivity index (χ1v) is 8.32. The molecule has 2 rings (SSSR count). The lowest BCUT2D eigenvalue weighted by Crippen LogP contribution is -2.42. The predicted octanol–water partition coefficient (Wildman–Crippen LogP) is 2.97. The lowest BCUT2D eigenvalue weighted by molar-refractivity contribution is 0.222. The molecule has 0 bridgehead atoms. The minimum absolute atomic E-state index is 0.435. The molecule has 0 aliphatic carbocycles. The third-order valence-corrected chi connectivity index (χ3v) is 5.78. The number of benzene rings is 1. The summed E-state index contributed by atoms with van der Waals surface area (Å²) in [6.07, 6.45) is 1.11. The minimum Gasteiger partial charge on any atom is -0.207 e. The molecule has 106 valence electrons. The zero-order chi connectivity index (χ0) is 14.2. The fraction of sp³-hybridized carbons (Fsp3) is 0.600. The van der Waals surface area contributed by atoms with Gasteiger partial charge in [-0.25, -0.2) is 8.42 Å². The molecule has 0 unspecified atom stereocenters. The maximum Gasteiger partial charge on any atom is 0.243 e. The molecule has 1 aliphatic heterocycles. The Hall–Kier alpha value is -0.870.